The molecule has 0 aliphatic carbocycles. The Morgan fingerprint density at radius 1 is 1.19 bits per heavy atom. The van der Waals surface area contributed by atoms with Crippen LogP contribution in [0.2, 0.25) is 0 Å². The van der Waals surface area contributed by atoms with Crippen LogP contribution in [0.25, 0.3) is 0 Å². The molecule has 2 amide bonds. The second-order valence-corrected chi connectivity index (χ2v) is 5.02. The summed E-state index contributed by atoms with van der Waals surface area (Å²) in [6, 6.07) is 4.01. The van der Waals surface area contributed by atoms with E-state index in [4.69, 9.17) is 16.2 Å². The summed E-state index contributed by atoms with van der Waals surface area (Å²) in [5.41, 5.74) is 12.5. The number of hydrogen-bond donors (Lipinski definition) is 3. The third kappa shape index (κ3) is 3.85. The molecule has 2 rings (SSSR count). The van der Waals surface area contributed by atoms with Gasteiger partial charge in [-0.15, -0.1) is 0 Å². The van der Waals surface area contributed by atoms with Crippen LogP contribution in [0.3, 0.4) is 0 Å². The lowest BCUT2D eigenvalue weighted by atomic mass is 10.1. The van der Waals surface area contributed by atoms with Gasteiger partial charge in [0.15, 0.2) is 0 Å². The summed E-state index contributed by atoms with van der Waals surface area (Å²) < 4.78 is 5.20. The predicted octanol–water partition coefficient (Wildman–Crippen LogP) is -0.172. The number of anilines is 2. The van der Waals surface area contributed by atoms with Crippen LogP contribution in [-0.4, -0.2) is 49.1 Å². The average molecular weight is 292 g/mol. The zero-order chi connectivity index (χ0) is 15.4. The minimum absolute atomic E-state index is 0.122. The number of nitrogens with one attached hydrogen (secondary N) is 1. The third-order valence-corrected chi connectivity index (χ3v) is 3.28. The molecule has 0 spiro atoms. The molecular formula is C14H20N4O3. The number of benzene rings is 1. The minimum Gasteiger partial charge on any atom is -0.399 e. The molecule has 1 fully saturated rings. The van der Waals surface area contributed by atoms with Gasteiger partial charge in [-0.05, 0) is 25.1 Å². The van der Waals surface area contributed by atoms with Crippen LogP contribution >= 0.6 is 0 Å². The molecule has 1 aliphatic heterocycles. The molecular weight excluding hydrogens is 272 g/mol. The predicted molar refractivity (Wildman–Crippen MR) is 79.6 cm³/mol. The average Bonchev–Trinajstić information content (AvgIpc) is 2.46. The summed E-state index contributed by atoms with van der Waals surface area (Å²) in [7, 11) is 0. The number of rotatable bonds is 3. The van der Waals surface area contributed by atoms with E-state index >= 15 is 0 Å². The number of morpholine rings is 1. The van der Waals surface area contributed by atoms with Gasteiger partial charge in [-0.3, -0.25) is 9.59 Å². The molecule has 5 N–H and O–H groups in total. The molecule has 1 aliphatic rings. The molecule has 0 saturated carbocycles. The number of amides is 2. The van der Waals surface area contributed by atoms with Gasteiger partial charge in [-0.1, -0.05) is 0 Å². The van der Waals surface area contributed by atoms with Crippen molar-refractivity contribution in [1.29, 1.82) is 0 Å². The van der Waals surface area contributed by atoms with Gasteiger partial charge in [0.1, 0.15) is 6.04 Å². The Morgan fingerprint density at radius 3 is 2.33 bits per heavy atom. The summed E-state index contributed by atoms with van der Waals surface area (Å²) in [6.07, 6.45) is 0. The van der Waals surface area contributed by atoms with Crippen LogP contribution in [0.5, 0.6) is 0 Å². The van der Waals surface area contributed by atoms with E-state index in [1.807, 2.05) is 0 Å². The number of carbonyl (C=O) groups is 2. The number of ether oxygens (including phenoxy) is 1. The maximum Gasteiger partial charge on any atom is 0.252 e. The fourth-order valence-electron chi connectivity index (χ4n) is 2.21. The maximum atomic E-state index is 12.2. The molecule has 21 heavy (non-hydrogen) atoms. The van der Waals surface area contributed by atoms with Gasteiger partial charge in [0, 0.05) is 30.0 Å². The molecule has 0 bridgehead atoms. The number of nitrogens with two attached hydrogens (primary N) is 2. The Hall–Kier alpha value is -2.28. The lowest BCUT2D eigenvalue weighted by Gasteiger charge is -2.29. The van der Waals surface area contributed by atoms with Crippen LogP contribution in [0, 0.1) is 0 Å². The largest absolute Gasteiger partial charge is 0.399 e. The number of carbonyl (C=O) groups excluding carboxylic acids is 2. The quantitative estimate of drug-likeness (QED) is 0.670. The van der Waals surface area contributed by atoms with Gasteiger partial charge >= 0.3 is 0 Å². The van der Waals surface area contributed by atoms with E-state index < -0.39 is 6.04 Å². The lowest BCUT2D eigenvalue weighted by Crippen LogP contribution is -2.50. The zero-order valence-electron chi connectivity index (χ0n) is 12.0. The standard InChI is InChI=1S/C14H20N4O3/c1-9(14(20)18-2-4-21-5-3-18)17-13(19)10-6-11(15)8-12(16)7-10/h6-9H,2-5,15-16H2,1H3,(H,17,19). The van der Waals surface area contributed by atoms with Crippen molar-refractivity contribution in [3.8, 4) is 0 Å². The van der Waals surface area contributed by atoms with Crippen molar-refractivity contribution in [1.82, 2.24) is 10.2 Å². The number of nitrogens with zero attached hydrogens (tertiary/aromatic N) is 1. The highest BCUT2D eigenvalue weighted by Crippen LogP contribution is 2.13. The van der Waals surface area contributed by atoms with Crippen molar-refractivity contribution < 1.29 is 14.3 Å². The lowest BCUT2D eigenvalue weighted by molar-refractivity contribution is -0.136. The molecule has 1 heterocycles. The molecule has 1 saturated heterocycles. The van der Waals surface area contributed by atoms with E-state index in [1.54, 1.807) is 17.9 Å². The summed E-state index contributed by atoms with van der Waals surface area (Å²) in [5.74, 6) is -0.494. The van der Waals surface area contributed by atoms with Gasteiger partial charge in [0.25, 0.3) is 5.91 Å². The van der Waals surface area contributed by atoms with E-state index in [-0.39, 0.29) is 11.8 Å². The number of hydrogen-bond acceptors (Lipinski definition) is 5. The maximum absolute atomic E-state index is 12.2. The van der Waals surface area contributed by atoms with Crippen LogP contribution in [0.1, 0.15) is 17.3 Å². The molecule has 0 aromatic heterocycles. The van der Waals surface area contributed by atoms with Crippen molar-refractivity contribution in [2.75, 3.05) is 37.8 Å². The zero-order valence-corrected chi connectivity index (χ0v) is 12.0. The summed E-state index contributed by atoms with van der Waals surface area (Å²) in [5, 5.41) is 2.67. The monoisotopic (exact) mass is 292 g/mol. The Bertz CT molecular complexity index is 521. The highest BCUT2D eigenvalue weighted by atomic mass is 16.5. The van der Waals surface area contributed by atoms with Gasteiger partial charge in [0.2, 0.25) is 5.91 Å². The first-order valence-corrected chi connectivity index (χ1v) is 6.81. The van der Waals surface area contributed by atoms with Crippen molar-refractivity contribution in [2.24, 2.45) is 0 Å². The van der Waals surface area contributed by atoms with E-state index in [9.17, 15) is 9.59 Å². The van der Waals surface area contributed by atoms with Crippen LogP contribution < -0.4 is 16.8 Å². The molecule has 7 nitrogen and oxygen atoms in total. The van der Waals surface area contributed by atoms with Crippen LogP contribution in [0.15, 0.2) is 18.2 Å². The molecule has 1 atom stereocenters. The highest BCUT2D eigenvalue weighted by molar-refractivity contribution is 5.98. The summed E-state index contributed by atoms with van der Waals surface area (Å²) in [6.45, 7) is 3.80. The molecule has 7 heteroatoms. The second-order valence-electron chi connectivity index (χ2n) is 5.02. The SMILES string of the molecule is CC(NC(=O)c1cc(N)cc(N)c1)C(=O)N1CCOCC1. The topological polar surface area (TPSA) is 111 Å². The molecule has 1 aromatic carbocycles. The third-order valence-electron chi connectivity index (χ3n) is 3.28. The summed E-state index contributed by atoms with van der Waals surface area (Å²) in [4.78, 5) is 26.0. The van der Waals surface area contributed by atoms with Crippen molar-refractivity contribution in [3.05, 3.63) is 23.8 Å². The van der Waals surface area contributed by atoms with Gasteiger partial charge in [-0.25, -0.2) is 0 Å². The summed E-state index contributed by atoms with van der Waals surface area (Å²) >= 11 is 0. The molecule has 1 aromatic rings. The van der Waals surface area contributed by atoms with E-state index in [0.717, 1.165) is 0 Å². The van der Waals surface area contributed by atoms with Crippen molar-refractivity contribution >= 4 is 23.2 Å². The van der Waals surface area contributed by atoms with Crippen LogP contribution in [-0.2, 0) is 9.53 Å². The van der Waals surface area contributed by atoms with Crippen molar-refractivity contribution in [2.45, 2.75) is 13.0 Å². The fourth-order valence-corrected chi connectivity index (χ4v) is 2.21. The van der Waals surface area contributed by atoms with E-state index in [1.165, 1.54) is 12.1 Å². The smallest absolute Gasteiger partial charge is 0.252 e. The van der Waals surface area contributed by atoms with E-state index in [2.05, 4.69) is 5.32 Å². The second kappa shape index (κ2) is 6.45. The van der Waals surface area contributed by atoms with Gasteiger partial charge in [0.05, 0.1) is 13.2 Å². The first kappa shape index (κ1) is 15.1. The van der Waals surface area contributed by atoms with Crippen molar-refractivity contribution in [3.63, 3.8) is 0 Å². The Morgan fingerprint density at radius 2 is 1.76 bits per heavy atom. The first-order valence-electron chi connectivity index (χ1n) is 6.81. The highest BCUT2D eigenvalue weighted by Gasteiger charge is 2.24. The molecule has 1 unspecified atom stereocenters. The van der Waals surface area contributed by atoms with E-state index in [0.29, 0.717) is 43.2 Å². The molecule has 0 radical (unpaired) electrons. The van der Waals surface area contributed by atoms with Gasteiger partial charge < -0.3 is 26.4 Å². The Kier molecular flexibility index (Phi) is 4.64. The Balaban J connectivity index is 1.99. The Labute approximate surface area is 123 Å². The first-order chi connectivity index (χ1) is 9.97. The minimum atomic E-state index is -0.613. The van der Waals surface area contributed by atoms with Gasteiger partial charge in [-0.2, -0.15) is 0 Å². The fraction of sp³-hybridized carbons (Fsp3) is 0.429. The normalized spacial score (nSPS) is 16.3. The number of nitrogen functional groups attached to an aromatic ring is 2. The van der Waals surface area contributed by atoms with Crippen LogP contribution in [0.4, 0.5) is 11.4 Å². The molecule has 114 valence electrons.